The number of ether oxygens (including phenoxy) is 2. The van der Waals surface area contributed by atoms with Crippen LogP contribution in [0.1, 0.15) is 61.3 Å². The Hall–Kier alpha value is -3.24. The summed E-state index contributed by atoms with van der Waals surface area (Å²) in [6, 6.07) is 5.50. The van der Waals surface area contributed by atoms with Crippen molar-refractivity contribution in [1.82, 2.24) is 19.2 Å². The molecule has 10 nitrogen and oxygen atoms in total. The summed E-state index contributed by atoms with van der Waals surface area (Å²) in [5, 5.41) is 10.7. The Bertz CT molecular complexity index is 1300. The third kappa shape index (κ3) is 4.75. The van der Waals surface area contributed by atoms with Gasteiger partial charge in [-0.2, -0.15) is 9.61 Å². The molecule has 2 saturated carbocycles. The number of carbonyl (C=O) groups is 1. The van der Waals surface area contributed by atoms with Crippen LogP contribution in [0.5, 0.6) is 0 Å². The van der Waals surface area contributed by atoms with Crippen LogP contribution < -0.4 is 16.2 Å². The summed E-state index contributed by atoms with van der Waals surface area (Å²) in [5.74, 6) is 1.45. The average Bonchev–Trinajstić information content (AvgIpc) is 3.29. The van der Waals surface area contributed by atoms with E-state index in [1.54, 1.807) is 48.7 Å². The van der Waals surface area contributed by atoms with Gasteiger partial charge < -0.3 is 24.7 Å². The van der Waals surface area contributed by atoms with Crippen LogP contribution in [-0.4, -0.2) is 58.4 Å². The fourth-order valence-corrected chi connectivity index (χ4v) is 5.40. The van der Waals surface area contributed by atoms with Gasteiger partial charge in [-0.3, -0.25) is 9.59 Å². The molecule has 2 atom stereocenters. The van der Waals surface area contributed by atoms with Gasteiger partial charge in [0.15, 0.2) is 11.4 Å². The maximum Gasteiger partial charge on any atom is 0.274 e. The number of hydrogen-bond donors (Lipinski definition) is 2. The Morgan fingerprint density at radius 1 is 1.17 bits per heavy atom. The molecule has 2 aliphatic rings. The zero-order valence-electron chi connectivity index (χ0n) is 21.1. The minimum Gasteiger partial charge on any atom is -0.381 e. The number of Topliss-reactive ketones (excluding diaryl/α,β-unsaturated/α-hetero) is 1. The number of pyridine rings is 1. The fraction of sp³-hybridized carbons (Fsp3) is 0.538. The van der Waals surface area contributed by atoms with Crippen LogP contribution in [0.3, 0.4) is 0 Å². The lowest BCUT2D eigenvalue weighted by Gasteiger charge is -2.35. The third-order valence-corrected chi connectivity index (χ3v) is 7.60. The first-order valence-corrected chi connectivity index (χ1v) is 12.6. The number of nitrogens with zero attached hydrogens (tertiary/aromatic N) is 4. The van der Waals surface area contributed by atoms with Crippen molar-refractivity contribution in [2.75, 3.05) is 31.9 Å². The zero-order valence-corrected chi connectivity index (χ0v) is 21.1. The second kappa shape index (κ2) is 10.4. The molecule has 0 saturated heterocycles. The summed E-state index contributed by atoms with van der Waals surface area (Å²) >= 11 is 0. The van der Waals surface area contributed by atoms with Gasteiger partial charge in [0, 0.05) is 46.0 Å². The molecule has 10 heteroatoms. The lowest BCUT2D eigenvalue weighted by atomic mass is 9.83. The van der Waals surface area contributed by atoms with Gasteiger partial charge in [-0.25, -0.2) is 4.98 Å². The van der Waals surface area contributed by atoms with E-state index in [0.29, 0.717) is 40.9 Å². The summed E-state index contributed by atoms with van der Waals surface area (Å²) in [5.41, 5.74) is 1.27. The molecule has 3 aromatic heterocycles. The Labute approximate surface area is 210 Å². The number of aromatic nitrogens is 4. The summed E-state index contributed by atoms with van der Waals surface area (Å²) in [4.78, 5) is 31.1. The van der Waals surface area contributed by atoms with Crippen molar-refractivity contribution in [3.8, 4) is 0 Å². The van der Waals surface area contributed by atoms with Crippen LogP contribution in [0.2, 0.25) is 0 Å². The first-order chi connectivity index (χ1) is 17.5. The quantitative estimate of drug-likeness (QED) is 0.432. The van der Waals surface area contributed by atoms with Gasteiger partial charge in [0.05, 0.1) is 24.0 Å². The molecule has 36 heavy (non-hydrogen) atoms. The molecular formula is C26H34N6O4. The van der Waals surface area contributed by atoms with Crippen LogP contribution in [0.25, 0.3) is 5.65 Å². The SMILES string of the molecule is CNc1cc(Nc2cccn(C3CC(OC)C3)c2=O)nc2c(C(=O)CC3CCC[C@@H](OC)C3)cnn12. The number of rotatable bonds is 9. The first kappa shape index (κ1) is 24.5. The number of nitrogens with one attached hydrogen (secondary N) is 2. The van der Waals surface area contributed by atoms with Gasteiger partial charge in [-0.05, 0) is 50.2 Å². The predicted octanol–water partition coefficient (Wildman–Crippen LogP) is 3.80. The topological polar surface area (TPSA) is 112 Å². The second-order valence-electron chi connectivity index (χ2n) is 9.83. The lowest BCUT2D eigenvalue weighted by molar-refractivity contribution is 0.00522. The van der Waals surface area contributed by atoms with E-state index in [-0.39, 0.29) is 29.6 Å². The fourth-order valence-electron chi connectivity index (χ4n) is 5.40. The highest BCUT2D eigenvalue weighted by atomic mass is 16.5. The van der Waals surface area contributed by atoms with E-state index >= 15 is 0 Å². The van der Waals surface area contributed by atoms with Crippen molar-refractivity contribution < 1.29 is 14.3 Å². The lowest BCUT2D eigenvalue weighted by Crippen LogP contribution is -2.37. The summed E-state index contributed by atoms with van der Waals surface area (Å²) < 4.78 is 14.3. The molecule has 5 rings (SSSR count). The van der Waals surface area contributed by atoms with Crippen molar-refractivity contribution in [1.29, 1.82) is 0 Å². The predicted molar refractivity (Wildman–Crippen MR) is 137 cm³/mol. The molecule has 0 amide bonds. The summed E-state index contributed by atoms with van der Waals surface area (Å²) in [6.45, 7) is 0. The molecule has 3 aromatic rings. The van der Waals surface area contributed by atoms with Crippen LogP contribution in [0, 0.1) is 5.92 Å². The largest absolute Gasteiger partial charge is 0.381 e. The average molecular weight is 495 g/mol. The van der Waals surface area contributed by atoms with Crippen LogP contribution in [-0.2, 0) is 9.47 Å². The van der Waals surface area contributed by atoms with Crippen LogP contribution in [0.4, 0.5) is 17.3 Å². The van der Waals surface area contributed by atoms with E-state index in [4.69, 9.17) is 14.5 Å². The molecule has 0 aliphatic heterocycles. The maximum absolute atomic E-state index is 13.3. The Morgan fingerprint density at radius 2 is 1.97 bits per heavy atom. The van der Waals surface area contributed by atoms with Gasteiger partial charge in [0.1, 0.15) is 17.3 Å². The molecule has 0 bridgehead atoms. The number of hydrogen-bond acceptors (Lipinski definition) is 8. The maximum atomic E-state index is 13.3. The van der Waals surface area contributed by atoms with Crippen molar-refractivity contribution in [3.05, 3.63) is 46.5 Å². The number of carbonyl (C=O) groups excluding carboxylic acids is 1. The molecule has 1 unspecified atom stereocenters. The van der Waals surface area contributed by atoms with Crippen molar-refractivity contribution >= 4 is 28.8 Å². The molecular weight excluding hydrogens is 460 g/mol. The molecule has 0 aromatic carbocycles. The highest BCUT2D eigenvalue weighted by Crippen LogP contribution is 2.33. The van der Waals surface area contributed by atoms with Gasteiger partial charge >= 0.3 is 0 Å². The standard InChI is InChI=1S/C26H34N6O4/c1-27-24-14-23(29-21-8-5-9-31(26(21)34)17-12-19(13-17)36-3)30-25-20(15-28-32(24)25)22(33)11-16-6-4-7-18(10-16)35-2/h5,8-9,14-19,27H,4,6-7,10-13H2,1-3H3,(H,29,30)/t16?,17?,18-,19?/m1/s1. The van der Waals surface area contributed by atoms with E-state index < -0.39 is 0 Å². The molecule has 192 valence electrons. The molecule has 2 fully saturated rings. The number of fused-ring (bicyclic) bond motifs is 1. The zero-order chi connectivity index (χ0) is 25.2. The second-order valence-corrected chi connectivity index (χ2v) is 9.83. The van der Waals surface area contributed by atoms with Gasteiger partial charge in [0.25, 0.3) is 5.56 Å². The Morgan fingerprint density at radius 3 is 2.72 bits per heavy atom. The van der Waals surface area contributed by atoms with Gasteiger partial charge in [0.2, 0.25) is 0 Å². The van der Waals surface area contributed by atoms with E-state index in [1.807, 2.05) is 12.3 Å². The Balaban J connectivity index is 1.40. The highest BCUT2D eigenvalue weighted by Gasteiger charge is 2.31. The molecule has 0 radical (unpaired) electrons. The van der Waals surface area contributed by atoms with E-state index in [0.717, 1.165) is 38.5 Å². The highest BCUT2D eigenvalue weighted by molar-refractivity contribution is 6.01. The minimum absolute atomic E-state index is 0.0261. The van der Waals surface area contributed by atoms with Crippen molar-refractivity contribution in [3.63, 3.8) is 0 Å². The van der Waals surface area contributed by atoms with Crippen molar-refractivity contribution in [2.45, 2.75) is 63.2 Å². The molecule has 2 aliphatic carbocycles. The molecule has 0 spiro atoms. The van der Waals surface area contributed by atoms with Crippen LogP contribution >= 0.6 is 0 Å². The first-order valence-electron chi connectivity index (χ1n) is 12.6. The normalized spacial score (nSPS) is 23.9. The molecule has 3 heterocycles. The minimum atomic E-state index is -0.112. The molecule has 2 N–H and O–H groups in total. The van der Waals surface area contributed by atoms with Crippen LogP contribution in [0.15, 0.2) is 35.4 Å². The third-order valence-electron chi connectivity index (χ3n) is 7.60. The number of ketones is 1. The smallest absolute Gasteiger partial charge is 0.274 e. The summed E-state index contributed by atoms with van der Waals surface area (Å²) in [7, 11) is 5.22. The van der Waals surface area contributed by atoms with E-state index in [1.165, 1.54) is 0 Å². The Kier molecular flexibility index (Phi) is 7.06. The summed E-state index contributed by atoms with van der Waals surface area (Å²) in [6.07, 6.45) is 9.96. The van der Waals surface area contributed by atoms with Crippen molar-refractivity contribution in [2.24, 2.45) is 5.92 Å². The van der Waals surface area contributed by atoms with E-state index in [9.17, 15) is 9.59 Å². The van der Waals surface area contributed by atoms with Gasteiger partial charge in [-0.1, -0.05) is 6.42 Å². The van der Waals surface area contributed by atoms with E-state index in [2.05, 4.69) is 15.7 Å². The number of anilines is 3. The van der Waals surface area contributed by atoms with Gasteiger partial charge in [-0.15, -0.1) is 0 Å². The number of methoxy groups -OCH3 is 2. The monoisotopic (exact) mass is 494 g/mol.